The molecular weight excluding hydrogens is 444 g/mol. The van der Waals surface area contributed by atoms with Gasteiger partial charge in [0.1, 0.15) is 19.0 Å². The van der Waals surface area contributed by atoms with Crippen molar-refractivity contribution in [2.24, 2.45) is 0 Å². The van der Waals surface area contributed by atoms with E-state index in [0.717, 1.165) is 18.7 Å². The summed E-state index contributed by atoms with van der Waals surface area (Å²) in [6.07, 6.45) is 0. The Labute approximate surface area is 206 Å². The zero-order valence-corrected chi connectivity index (χ0v) is 20.9. The van der Waals surface area contributed by atoms with Gasteiger partial charge in [-0.25, -0.2) is 0 Å². The summed E-state index contributed by atoms with van der Waals surface area (Å²) in [6, 6.07) is 12.3. The third kappa shape index (κ3) is 4.91. The molecule has 7 heteroatoms. The molecule has 7 nitrogen and oxygen atoms in total. The number of carbonyl (C=O) groups excluding carboxylic acids is 2. The highest BCUT2D eigenvalue weighted by atomic mass is 16.6. The summed E-state index contributed by atoms with van der Waals surface area (Å²) in [5.41, 5.74) is 2.48. The standard InChI is InChI=1S/C28H34N2O5/c1-5-29(6-2)13-14-30-25(20-9-7-19(8-10-20)18(3)4)24(27(32)28(30)33)26(31)21-11-12-22-23(17-21)35-16-15-34-22/h7-12,17-18,25,31H,5-6,13-16H2,1-4H3/t25-/m1/s1. The van der Waals surface area contributed by atoms with Gasteiger partial charge in [-0.1, -0.05) is 52.0 Å². The first-order valence-electron chi connectivity index (χ1n) is 12.4. The Morgan fingerprint density at radius 3 is 2.31 bits per heavy atom. The number of hydrogen-bond donors (Lipinski definition) is 1. The van der Waals surface area contributed by atoms with Crippen molar-refractivity contribution in [2.45, 2.75) is 39.7 Å². The van der Waals surface area contributed by atoms with Gasteiger partial charge in [-0.05, 0) is 48.3 Å². The maximum absolute atomic E-state index is 13.3. The molecule has 4 rings (SSSR count). The number of fused-ring (bicyclic) bond motifs is 1. The Balaban J connectivity index is 1.78. The van der Waals surface area contributed by atoms with Crippen molar-refractivity contribution in [1.82, 2.24) is 9.80 Å². The van der Waals surface area contributed by atoms with E-state index in [-0.39, 0.29) is 11.3 Å². The number of nitrogens with zero attached hydrogens (tertiary/aromatic N) is 2. The van der Waals surface area contributed by atoms with Gasteiger partial charge in [0.25, 0.3) is 11.7 Å². The number of ketones is 1. The lowest BCUT2D eigenvalue weighted by Crippen LogP contribution is -2.38. The molecule has 1 N–H and O–H groups in total. The molecule has 2 aliphatic heterocycles. The van der Waals surface area contributed by atoms with Crippen LogP contribution in [0.15, 0.2) is 48.0 Å². The van der Waals surface area contributed by atoms with E-state index >= 15 is 0 Å². The number of amides is 1. The number of benzene rings is 2. The number of carbonyl (C=O) groups is 2. The molecular formula is C28H34N2O5. The fourth-order valence-corrected chi connectivity index (χ4v) is 4.66. The minimum atomic E-state index is -0.671. The van der Waals surface area contributed by atoms with Crippen LogP contribution >= 0.6 is 0 Å². The normalized spacial score (nSPS) is 19.1. The van der Waals surface area contributed by atoms with E-state index in [1.807, 2.05) is 24.3 Å². The first-order valence-corrected chi connectivity index (χ1v) is 12.4. The van der Waals surface area contributed by atoms with E-state index in [9.17, 15) is 14.7 Å². The fourth-order valence-electron chi connectivity index (χ4n) is 4.66. The van der Waals surface area contributed by atoms with Gasteiger partial charge in [-0.2, -0.15) is 0 Å². The van der Waals surface area contributed by atoms with Crippen LogP contribution in [-0.2, 0) is 9.59 Å². The van der Waals surface area contributed by atoms with E-state index in [2.05, 4.69) is 32.6 Å². The predicted molar refractivity (Wildman–Crippen MR) is 135 cm³/mol. The quantitative estimate of drug-likeness (QED) is 0.345. The minimum absolute atomic E-state index is 0.100. The van der Waals surface area contributed by atoms with Crippen LogP contribution in [0.25, 0.3) is 5.76 Å². The summed E-state index contributed by atoms with van der Waals surface area (Å²) < 4.78 is 11.2. The smallest absolute Gasteiger partial charge is 0.295 e. The molecule has 0 aromatic heterocycles. The van der Waals surface area contributed by atoms with Crippen molar-refractivity contribution in [3.8, 4) is 11.5 Å². The highest BCUT2D eigenvalue weighted by molar-refractivity contribution is 6.46. The molecule has 2 aliphatic rings. The molecule has 0 saturated carbocycles. The lowest BCUT2D eigenvalue weighted by Gasteiger charge is -2.28. The number of ether oxygens (including phenoxy) is 2. The zero-order chi connectivity index (χ0) is 25.1. The van der Waals surface area contributed by atoms with Crippen LogP contribution in [0, 0.1) is 0 Å². The van der Waals surface area contributed by atoms with Crippen LogP contribution in [0.1, 0.15) is 56.3 Å². The topological polar surface area (TPSA) is 79.3 Å². The first kappa shape index (κ1) is 24.8. The number of aliphatic hydroxyl groups is 1. The highest BCUT2D eigenvalue weighted by Gasteiger charge is 2.46. The molecule has 1 amide bonds. The Hall–Kier alpha value is -3.32. The number of aliphatic hydroxyl groups excluding tert-OH is 1. The van der Waals surface area contributed by atoms with Gasteiger partial charge >= 0.3 is 0 Å². The van der Waals surface area contributed by atoms with Crippen LogP contribution < -0.4 is 9.47 Å². The lowest BCUT2D eigenvalue weighted by molar-refractivity contribution is -0.140. The highest BCUT2D eigenvalue weighted by Crippen LogP contribution is 2.41. The van der Waals surface area contributed by atoms with Gasteiger partial charge in [0, 0.05) is 18.7 Å². The van der Waals surface area contributed by atoms with E-state index < -0.39 is 17.7 Å². The Bertz CT molecular complexity index is 1120. The summed E-state index contributed by atoms with van der Waals surface area (Å²) in [7, 11) is 0. The Morgan fingerprint density at radius 1 is 1.03 bits per heavy atom. The number of hydrogen-bond acceptors (Lipinski definition) is 6. The largest absolute Gasteiger partial charge is 0.507 e. The second-order valence-electron chi connectivity index (χ2n) is 9.20. The lowest BCUT2D eigenvalue weighted by atomic mass is 9.93. The summed E-state index contributed by atoms with van der Waals surface area (Å²) in [6.45, 7) is 12.0. The fraction of sp³-hybridized carbons (Fsp3) is 0.429. The van der Waals surface area contributed by atoms with Crippen LogP contribution in [0.4, 0.5) is 0 Å². The molecule has 0 bridgehead atoms. The van der Waals surface area contributed by atoms with Crippen LogP contribution in [-0.4, -0.2) is 66.0 Å². The number of Topliss-reactive ketones (excluding diaryl/α,β-unsaturated/α-hetero) is 1. The molecule has 0 spiro atoms. The second-order valence-corrected chi connectivity index (χ2v) is 9.20. The van der Waals surface area contributed by atoms with Gasteiger partial charge in [0.15, 0.2) is 11.5 Å². The van der Waals surface area contributed by atoms with E-state index in [1.165, 1.54) is 5.56 Å². The Morgan fingerprint density at radius 2 is 1.69 bits per heavy atom. The number of likely N-dealkylation sites (N-methyl/N-ethyl adjacent to an activating group) is 1. The molecule has 0 aliphatic carbocycles. The van der Waals surface area contributed by atoms with Crippen LogP contribution in [0.2, 0.25) is 0 Å². The molecule has 186 valence electrons. The Kier molecular flexibility index (Phi) is 7.45. The first-order chi connectivity index (χ1) is 16.8. The van der Waals surface area contributed by atoms with Crippen molar-refractivity contribution < 1.29 is 24.2 Å². The molecule has 2 heterocycles. The van der Waals surface area contributed by atoms with Crippen LogP contribution in [0.3, 0.4) is 0 Å². The van der Waals surface area contributed by atoms with Gasteiger partial charge in [-0.3, -0.25) is 9.59 Å². The molecule has 2 aromatic carbocycles. The summed E-state index contributed by atoms with van der Waals surface area (Å²) in [5, 5.41) is 11.3. The average Bonchev–Trinajstić information content (AvgIpc) is 3.13. The molecule has 1 saturated heterocycles. The average molecular weight is 479 g/mol. The van der Waals surface area contributed by atoms with E-state index in [1.54, 1.807) is 23.1 Å². The summed E-state index contributed by atoms with van der Waals surface area (Å²) >= 11 is 0. The van der Waals surface area contributed by atoms with Crippen molar-refractivity contribution in [1.29, 1.82) is 0 Å². The third-order valence-electron chi connectivity index (χ3n) is 6.83. The molecule has 35 heavy (non-hydrogen) atoms. The molecule has 1 fully saturated rings. The molecule has 0 unspecified atom stereocenters. The van der Waals surface area contributed by atoms with Gasteiger partial charge in [0.2, 0.25) is 0 Å². The van der Waals surface area contributed by atoms with Crippen molar-refractivity contribution in [2.75, 3.05) is 39.4 Å². The molecule has 2 aromatic rings. The minimum Gasteiger partial charge on any atom is -0.507 e. The third-order valence-corrected chi connectivity index (χ3v) is 6.83. The second kappa shape index (κ2) is 10.5. The SMILES string of the molecule is CCN(CC)CCN1C(=O)C(=O)C(=C(O)c2ccc3c(c2)OCCO3)[C@H]1c1ccc(C(C)C)cc1. The molecule has 1 atom stereocenters. The van der Waals surface area contributed by atoms with Crippen LogP contribution in [0.5, 0.6) is 11.5 Å². The van der Waals surface area contributed by atoms with E-state index in [0.29, 0.717) is 49.3 Å². The van der Waals surface area contributed by atoms with Crippen molar-refractivity contribution >= 4 is 17.4 Å². The zero-order valence-electron chi connectivity index (χ0n) is 20.9. The maximum atomic E-state index is 13.3. The monoisotopic (exact) mass is 478 g/mol. The summed E-state index contributed by atoms with van der Waals surface area (Å²) in [4.78, 5) is 30.3. The van der Waals surface area contributed by atoms with Crippen molar-refractivity contribution in [3.63, 3.8) is 0 Å². The predicted octanol–water partition coefficient (Wildman–Crippen LogP) is 4.34. The van der Waals surface area contributed by atoms with Gasteiger partial charge in [-0.15, -0.1) is 0 Å². The van der Waals surface area contributed by atoms with E-state index in [4.69, 9.17) is 9.47 Å². The number of rotatable bonds is 8. The maximum Gasteiger partial charge on any atom is 0.295 e. The van der Waals surface area contributed by atoms with Gasteiger partial charge < -0.3 is 24.4 Å². The van der Waals surface area contributed by atoms with Crippen molar-refractivity contribution in [3.05, 3.63) is 64.7 Å². The molecule has 0 radical (unpaired) electrons. The number of likely N-dealkylation sites (tertiary alicyclic amines) is 1. The summed E-state index contributed by atoms with van der Waals surface area (Å²) in [5.74, 6) is -0.00866. The van der Waals surface area contributed by atoms with Gasteiger partial charge in [0.05, 0.1) is 11.6 Å².